The molecule has 0 radical (unpaired) electrons. The summed E-state index contributed by atoms with van der Waals surface area (Å²) in [6, 6.07) is 22.5. The van der Waals surface area contributed by atoms with Crippen LogP contribution in [-0.4, -0.2) is 34.6 Å². The lowest BCUT2D eigenvalue weighted by Crippen LogP contribution is -2.33. The summed E-state index contributed by atoms with van der Waals surface area (Å²) >= 11 is 0. The molecule has 0 saturated carbocycles. The van der Waals surface area contributed by atoms with E-state index in [1.165, 1.54) is 16.0 Å². The van der Waals surface area contributed by atoms with Gasteiger partial charge in [-0.05, 0) is 60.2 Å². The van der Waals surface area contributed by atoms with Gasteiger partial charge in [0.05, 0.1) is 23.7 Å². The molecule has 5 heteroatoms. The molecule has 0 bridgehead atoms. The number of hydrogen-bond acceptors (Lipinski definition) is 3. The van der Waals surface area contributed by atoms with E-state index in [-0.39, 0.29) is 30.3 Å². The summed E-state index contributed by atoms with van der Waals surface area (Å²) in [7, 11) is 1.85. The molecule has 0 spiro atoms. The zero-order chi connectivity index (χ0) is 22.2. The Labute approximate surface area is 187 Å². The standard InChI is InChI=1S/C27H24N2O3/c1-28(24-15-7-10-19-9-2-3-12-21(19)24)25(30)20-11-6-8-18(16-20)17-29-26(31)22-13-4-5-14-23(22)27(29)32/h2-6,8-9,11-14,16,24H,7,10,15,17H2,1H3. The molecule has 0 fully saturated rings. The first-order valence-electron chi connectivity index (χ1n) is 10.9. The number of nitrogens with zero attached hydrogens (tertiary/aromatic N) is 2. The number of hydrogen-bond donors (Lipinski definition) is 0. The number of rotatable bonds is 4. The van der Waals surface area contributed by atoms with Crippen molar-refractivity contribution in [2.75, 3.05) is 7.05 Å². The Hall–Kier alpha value is -3.73. The highest BCUT2D eigenvalue weighted by molar-refractivity contribution is 6.21. The molecule has 2 aliphatic rings. The van der Waals surface area contributed by atoms with E-state index < -0.39 is 0 Å². The Kier molecular flexibility index (Phi) is 5.10. The zero-order valence-electron chi connectivity index (χ0n) is 18.0. The monoisotopic (exact) mass is 424 g/mol. The van der Waals surface area contributed by atoms with Gasteiger partial charge in [0.2, 0.25) is 0 Å². The van der Waals surface area contributed by atoms with E-state index in [1.54, 1.807) is 36.4 Å². The van der Waals surface area contributed by atoms with Crippen molar-refractivity contribution in [1.82, 2.24) is 9.80 Å². The summed E-state index contributed by atoms with van der Waals surface area (Å²) in [5.74, 6) is -0.646. The first-order chi connectivity index (χ1) is 15.5. The number of amides is 3. The van der Waals surface area contributed by atoms with Crippen molar-refractivity contribution in [3.8, 4) is 0 Å². The van der Waals surface area contributed by atoms with Crippen molar-refractivity contribution in [3.63, 3.8) is 0 Å². The number of aryl methyl sites for hydroxylation is 1. The highest BCUT2D eigenvalue weighted by Gasteiger charge is 2.35. The van der Waals surface area contributed by atoms with Crippen LogP contribution in [0.3, 0.4) is 0 Å². The Morgan fingerprint density at radius 3 is 2.38 bits per heavy atom. The quantitative estimate of drug-likeness (QED) is 0.574. The molecular weight excluding hydrogens is 400 g/mol. The fourth-order valence-electron chi connectivity index (χ4n) is 4.84. The van der Waals surface area contributed by atoms with Crippen molar-refractivity contribution in [2.45, 2.75) is 31.8 Å². The summed E-state index contributed by atoms with van der Waals surface area (Å²) in [6.45, 7) is 0.142. The second-order valence-electron chi connectivity index (χ2n) is 8.47. The Bertz CT molecular complexity index is 1200. The molecule has 5 nitrogen and oxygen atoms in total. The van der Waals surface area contributed by atoms with Gasteiger partial charge in [-0.25, -0.2) is 0 Å². The van der Waals surface area contributed by atoms with Gasteiger partial charge in [0, 0.05) is 12.6 Å². The minimum Gasteiger partial charge on any atom is -0.335 e. The molecule has 1 atom stereocenters. The largest absolute Gasteiger partial charge is 0.335 e. The van der Waals surface area contributed by atoms with Crippen molar-refractivity contribution in [2.24, 2.45) is 0 Å². The molecule has 1 aliphatic carbocycles. The van der Waals surface area contributed by atoms with Gasteiger partial charge in [-0.2, -0.15) is 0 Å². The lowest BCUT2D eigenvalue weighted by atomic mass is 9.87. The average Bonchev–Trinajstić information content (AvgIpc) is 3.08. The summed E-state index contributed by atoms with van der Waals surface area (Å²) in [4.78, 5) is 41.8. The van der Waals surface area contributed by atoms with Crippen LogP contribution in [0.5, 0.6) is 0 Å². The molecule has 32 heavy (non-hydrogen) atoms. The van der Waals surface area contributed by atoms with E-state index in [0.717, 1.165) is 24.8 Å². The molecule has 3 amide bonds. The molecule has 3 aromatic carbocycles. The predicted molar refractivity (Wildman–Crippen MR) is 121 cm³/mol. The average molecular weight is 425 g/mol. The predicted octanol–water partition coefficient (Wildman–Crippen LogP) is 4.63. The fraction of sp³-hybridized carbons (Fsp3) is 0.222. The van der Waals surface area contributed by atoms with Crippen LogP contribution in [0, 0.1) is 0 Å². The van der Waals surface area contributed by atoms with E-state index in [1.807, 2.05) is 36.2 Å². The molecule has 0 N–H and O–H groups in total. The molecule has 5 rings (SSSR count). The van der Waals surface area contributed by atoms with Crippen molar-refractivity contribution >= 4 is 17.7 Å². The first-order valence-corrected chi connectivity index (χ1v) is 10.9. The van der Waals surface area contributed by atoms with Crippen molar-refractivity contribution < 1.29 is 14.4 Å². The lowest BCUT2D eigenvalue weighted by Gasteiger charge is -2.33. The van der Waals surface area contributed by atoms with Gasteiger partial charge in [0.25, 0.3) is 17.7 Å². The minimum absolute atomic E-state index is 0.0485. The topological polar surface area (TPSA) is 57.7 Å². The number of carbonyl (C=O) groups excluding carboxylic acids is 3. The second kappa shape index (κ2) is 8.08. The number of benzene rings is 3. The summed E-state index contributed by atoms with van der Waals surface area (Å²) in [5.41, 5.74) is 4.70. The van der Waals surface area contributed by atoms with Gasteiger partial charge in [0.15, 0.2) is 0 Å². The maximum Gasteiger partial charge on any atom is 0.261 e. The number of carbonyl (C=O) groups is 3. The summed E-state index contributed by atoms with van der Waals surface area (Å²) < 4.78 is 0. The smallest absolute Gasteiger partial charge is 0.261 e. The van der Waals surface area contributed by atoms with Crippen LogP contribution in [-0.2, 0) is 13.0 Å². The molecule has 0 aromatic heterocycles. The third-order valence-electron chi connectivity index (χ3n) is 6.52. The summed E-state index contributed by atoms with van der Waals surface area (Å²) in [5, 5.41) is 0. The Morgan fingerprint density at radius 2 is 1.62 bits per heavy atom. The minimum atomic E-state index is -0.293. The van der Waals surface area contributed by atoms with Crippen LogP contribution >= 0.6 is 0 Å². The van der Waals surface area contributed by atoms with Gasteiger partial charge >= 0.3 is 0 Å². The lowest BCUT2D eigenvalue weighted by molar-refractivity contribution is 0.0642. The third kappa shape index (κ3) is 3.40. The van der Waals surface area contributed by atoms with Crippen molar-refractivity contribution in [1.29, 1.82) is 0 Å². The molecular formula is C27H24N2O3. The molecule has 0 saturated heterocycles. The van der Waals surface area contributed by atoms with E-state index >= 15 is 0 Å². The van der Waals surface area contributed by atoms with Crippen LogP contribution in [0.25, 0.3) is 0 Å². The van der Waals surface area contributed by atoms with Crippen LogP contribution in [0.15, 0.2) is 72.8 Å². The van der Waals surface area contributed by atoms with Crippen LogP contribution < -0.4 is 0 Å². The maximum absolute atomic E-state index is 13.3. The number of fused-ring (bicyclic) bond motifs is 2. The fourth-order valence-corrected chi connectivity index (χ4v) is 4.84. The number of imide groups is 1. The second-order valence-corrected chi connectivity index (χ2v) is 8.47. The zero-order valence-corrected chi connectivity index (χ0v) is 18.0. The Morgan fingerprint density at radius 1 is 0.938 bits per heavy atom. The van der Waals surface area contributed by atoms with E-state index in [4.69, 9.17) is 0 Å². The van der Waals surface area contributed by atoms with Gasteiger partial charge in [-0.15, -0.1) is 0 Å². The van der Waals surface area contributed by atoms with Gasteiger partial charge in [-0.1, -0.05) is 48.5 Å². The van der Waals surface area contributed by atoms with E-state index in [9.17, 15) is 14.4 Å². The van der Waals surface area contributed by atoms with Gasteiger partial charge in [-0.3, -0.25) is 19.3 Å². The molecule has 1 unspecified atom stereocenters. The molecule has 3 aromatic rings. The van der Waals surface area contributed by atoms with E-state index in [2.05, 4.69) is 12.1 Å². The SMILES string of the molecule is CN(C(=O)c1cccc(CN2C(=O)c3ccccc3C2=O)c1)C1CCCc2ccccc21. The molecule has 1 heterocycles. The van der Waals surface area contributed by atoms with Crippen LogP contribution in [0.1, 0.15) is 66.6 Å². The normalized spacial score (nSPS) is 17.2. The highest BCUT2D eigenvalue weighted by atomic mass is 16.2. The third-order valence-corrected chi connectivity index (χ3v) is 6.52. The maximum atomic E-state index is 13.3. The van der Waals surface area contributed by atoms with Gasteiger partial charge < -0.3 is 4.90 Å². The molecule has 1 aliphatic heterocycles. The van der Waals surface area contributed by atoms with E-state index in [0.29, 0.717) is 16.7 Å². The van der Waals surface area contributed by atoms with Crippen LogP contribution in [0.2, 0.25) is 0 Å². The molecule has 160 valence electrons. The first kappa shape index (κ1) is 20.2. The Balaban J connectivity index is 1.36. The highest BCUT2D eigenvalue weighted by Crippen LogP contribution is 2.34. The van der Waals surface area contributed by atoms with Crippen molar-refractivity contribution in [3.05, 3.63) is 106 Å². The summed E-state index contributed by atoms with van der Waals surface area (Å²) in [6.07, 6.45) is 3.04. The van der Waals surface area contributed by atoms with Crippen LogP contribution in [0.4, 0.5) is 0 Å². The van der Waals surface area contributed by atoms with Gasteiger partial charge in [0.1, 0.15) is 0 Å².